The first-order valence-electron chi connectivity index (χ1n) is 6.41. The summed E-state index contributed by atoms with van der Waals surface area (Å²) in [6, 6.07) is 7.38. The second kappa shape index (κ2) is 6.55. The molecule has 2 rings (SSSR count). The molecule has 0 atom stereocenters. The maximum atomic E-state index is 13.1. The maximum Gasteiger partial charge on any atom is 0.337 e. The van der Waals surface area contributed by atoms with Crippen molar-refractivity contribution in [2.24, 2.45) is 0 Å². The molecule has 8 heteroatoms. The molecule has 23 heavy (non-hydrogen) atoms. The molecule has 1 N–H and O–H groups in total. The maximum absolute atomic E-state index is 13.1. The predicted molar refractivity (Wildman–Crippen MR) is 84.7 cm³/mol. The van der Waals surface area contributed by atoms with E-state index in [9.17, 15) is 17.6 Å². The van der Waals surface area contributed by atoms with E-state index in [4.69, 9.17) is 11.6 Å². The fraction of sp³-hybridized carbons (Fsp3) is 0.133. The highest BCUT2D eigenvalue weighted by atomic mass is 35.5. The lowest BCUT2D eigenvalue weighted by Gasteiger charge is -2.12. The zero-order valence-electron chi connectivity index (χ0n) is 12.3. The first kappa shape index (κ1) is 17.2. The van der Waals surface area contributed by atoms with Gasteiger partial charge in [0, 0.05) is 0 Å². The lowest BCUT2D eigenvalue weighted by molar-refractivity contribution is 0.0601. The summed E-state index contributed by atoms with van der Waals surface area (Å²) in [5.41, 5.74) is 0.418. The van der Waals surface area contributed by atoms with Crippen LogP contribution in [-0.4, -0.2) is 21.5 Å². The van der Waals surface area contributed by atoms with E-state index in [1.54, 1.807) is 0 Å². The van der Waals surface area contributed by atoms with Crippen molar-refractivity contribution in [3.8, 4) is 0 Å². The number of rotatable bonds is 4. The van der Waals surface area contributed by atoms with Crippen LogP contribution < -0.4 is 4.72 Å². The van der Waals surface area contributed by atoms with Gasteiger partial charge in [-0.05, 0) is 48.9 Å². The lowest BCUT2D eigenvalue weighted by atomic mass is 10.2. The van der Waals surface area contributed by atoms with Gasteiger partial charge >= 0.3 is 5.97 Å². The van der Waals surface area contributed by atoms with Crippen molar-refractivity contribution < 1.29 is 22.3 Å². The van der Waals surface area contributed by atoms with Gasteiger partial charge < -0.3 is 4.74 Å². The van der Waals surface area contributed by atoms with E-state index in [0.717, 1.165) is 18.2 Å². The van der Waals surface area contributed by atoms with Crippen LogP contribution in [-0.2, 0) is 14.8 Å². The minimum absolute atomic E-state index is 0.0262. The van der Waals surface area contributed by atoms with Gasteiger partial charge in [-0.15, -0.1) is 0 Å². The van der Waals surface area contributed by atoms with E-state index in [-0.39, 0.29) is 26.7 Å². The Kier molecular flexibility index (Phi) is 4.91. The molecule has 5 nitrogen and oxygen atoms in total. The molecule has 0 aromatic heterocycles. The van der Waals surface area contributed by atoms with Crippen molar-refractivity contribution in [2.45, 2.75) is 11.8 Å². The van der Waals surface area contributed by atoms with E-state index in [1.807, 2.05) is 0 Å². The zero-order chi connectivity index (χ0) is 17.2. The average Bonchev–Trinajstić information content (AvgIpc) is 2.48. The number of nitrogens with one attached hydrogen (secondary N) is 1. The van der Waals surface area contributed by atoms with Crippen LogP contribution in [0.3, 0.4) is 0 Å². The van der Waals surface area contributed by atoms with Gasteiger partial charge in [-0.1, -0.05) is 11.6 Å². The Hall–Kier alpha value is -2.12. The van der Waals surface area contributed by atoms with E-state index in [0.29, 0.717) is 0 Å². The lowest BCUT2D eigenvalue weighted by Crippen LogP contribution is -2.15. The van der Waals surface area contributed by atoms with E-state index in [2.05, 4.69) is 9.46 Å². The molecular formula is C15H13ClFNO4S. The Morgan fingerprint density at radius 2 is 1.91 bits per heavy atom. The molecule has 0 bridgehead atoms. The normalized spacial score (nSPS) is 11.1. The number of aryl methyl sites for hydroxylation is 1. The minimum Gasteiger partial charge on any atom is -0.465 e. The Morgan fingerprint density at radius 3 is 2.52 bits per heavy atom. The summed E-state index contributed by atoms with van der Waals surface area (Å²) in [7, 11) is -2.77. The van der Waals surface area contributed by atoms with Crippen LogP contribution in [0.25, 0.3) is 0 Å². The monoisotopic (exact) mass is 357 g/mol. The fourth-order valence-electron chi connectivity index (χ4n) is 1.96. The zero-order valence-corrected chi connectivity index (χ0v) is 13.8. The average molecular weight is 358 g/mol. The molecule has 0 fully saturated rings. The van der Waals surface area contributed by atoms with Crippen molar-refractivity contribution >= 4 is 33.3 Å². The number of ether oxygens (including phenoxy) is 1. The molecule has 122 valence electrons. The van der Waals surface area contributed by atoms with Crippen LogP contribution in [0, 0.1) is 12.7 Å². The largest absolute Gasteiger partial charge is 0.465 e. The van der Waals surface area contributed by atoms with Crippen LogP contribution in [0.15, 0.2) is 41.3 Å². The van der Waals surface area contributed by atoms with Gasteiger partial charge in [0.15, 0.2) is 0 Å². The molecular weight excluding hydrogens is 345 g/mol. The van der Waals surface area contributed by atoms with Gasteiger partial charge in [-0.25, -0.2) is 17.6 Å². The third-order valence-electron chi connectivity index (χ3n) is 3.06. The second-order valence-electron chi connectivity index (χ2n) is 4.70. The summed E-state index contributed by atoms with van der Waals surface area (Å²) < 4.78 is 44.8. The Bertz CT molecular complexity index is 868. The van der Waals surface area contributed by atoms with Gasteiger partial charge in [0.1, 0.15) is 5.82 Å². The summed E-state index contributed by atoms with van der Waals surface area (Å²) in [5.74, 6) is -1.16. The Labute approximate surface area is 138 Å². The fourth-order valence-corrected chi connectivity index (χ4v) is 3.48. The van der Waals surface area contributed by atoms with Crippen molar-refractivity contribution in [3.63, 3.8) is 0 Å². The molecule has 0 heterocycles. The standard InChI is InChI=1S/C15H13ClFNO4S/c1-9-7-11(17)4-6-14(9)23(20,21)18-13-8-10(15(19)22-2)3-5-12(13)16/h3-8,18H,1-2H3. The number of benzene rings is 2. The molecule has 0 spiro atoms. The summed E-state index contributed by atoms with van der Waals surface area (Å²) >= 11 is 5.96. The summed E-state index contributed by atoms with van der Waals surface area (Å²) in [6.45, 7) is 1.48. The molecule has 0 unspecified atom stereocenters. The number of methoxy groups -OCH3 is 1. The molecule has 0 saturated carbocycles. The Balaban J connectivity index is 2.43. The third-order valence-corrected chi connectivity index (χ3v) is 4.91. The van der Waals surface area contributed by atoms with Crippen LogP contribution >= 0.6 is 11.6 Å². The van der Waals surface area contributed by atoms with Crippen LogP contribution in [0.2, 0.25) is 5.02 Å². The quantitative estimate of drug-likeness (QED) is 0.851. The highest BCUT2D eigenvalue weighted by molar-refractivity contribution is 7.92. The van der Waals surface area contributed by atoms with Crippen molar-refractivity contribution in [1.82, 2.24) is 0 Å². The molecule has 0 radical (unpaired) electrons. The molecule has 0 aliphatic rings. The van der Waals surface area contributed by atoms with E-state index in [1.165, 1.54) is 32.2 Å². The number of halogens is 2. The van der Waals surface area contributed by atoms with Crippen LogP contribution in [0.1, 0.15) is 15.9 Å². The summed E-state index contributed by atoms with van der Waals surface area (Å²) in [5, 5.41) is 0.112. The smallest absolute Gasteiger partial charge is 0.337 e. The number of hydrogen-bond acceptors (Lipinski definition) is 4. The van der Waals surface area contributed by atoms with E-state index >= 15 is 0 Å². The molecule has 0 amide bonds. The third kappa shape index (κ3) is 3.80. The number of carbonyl (C=O) groups is 1. The molecule has 2 aromatic carbocycles. The summed E-state index contributed by atoms with van der Waals surface area (Å²) in [4.78, 5) is 11.4. The van der Waals surface area contributed by atoms with Crippen molar-refractivity contribution in [3.05, 3.63) is 58.4 Å². The van der Waals surface area contributed by atoms with Gasteiger partial charge in [0.25, 0.3) is 10.0 Å². The molecule has 0 saturated heterocycles. The topological polar surface area (TPSA) is 72.5 Å². The number of carbonyl (C=O) groups excluding carboxylic acids is 1. The van der Waals surface area contributed by atoms with Gasteiger partial charge in [-0.3, -0.25) is 4.72 Å². The number of hydrogen-bond donors (Lipinski definition) is 1. The minimum atomic E-state index is -3.99. The first-order chi connectivity index (χ1) is 10.7. The SMILES string of the molecule is COC(=O)c1ccc(Cl)c(NS(=O)(=O)c2ccc(F)cc2C)c1. The summed E-state index contributed by atoms with van der Waals surface area (Å²) in [6.07, 6.45) is 0. The second-order valence-corrected chi connectivity index (χ2v) is 6.76. The van der Waals surface area contributed by atoms with Gasteiger partial charge in [-0.2, -0.15) is 0 Å². The van der Waals surface area contributed by atoms with Gasteiger partial charge in [0.05, 0.1) is 28.3 Å². The number of sulfonamides is 1. The number of esters is 1. The molecule has 0 aliphatic carbocycles. The van der Waals surface area contributed by atoms with Crippen LogP contribution in [0.4, 0.5) is 10.1 Å². The van der Waals surface area contributed by atoms with Gasteiger partial charge in [0.2, 0.25) is 0 Å². The van der Waals surface area contributed by atoms with E-state index < -0.39 is 21.8 Å². The highest BCUT2D eigenvalue weighted by Gasteiger charge is 2.19. The molecule has 0 aliphatic heterocycles. The number of anilines is 1. The van der Waals surface area contributed by atoms with Crippen LogP contribution in [0.5, 0.6) is 0 Å². The Morgan fingerprint density at radius 1 is 1.22 bits per heavy atom. The first-order valence-corrected chi connectivity index (χ1v) is 8.27. The predicted octanol–water partition coefficient (Wildman–Crippen LogP) is 3.37. The molecule has 2 aromatic rings. The van der Waals surface area contributed by atoms with Crippen molar-refractivity contribution in [1.29, 1.82) is 0 Å². The van der Waals surface area contributed by atoms with Crippen molar-refractivity contribution in [2.75, 3.05) is 11.8 Å². The highest BCUT2D eigenvalue weighted by Crippen LogP contribution is 2.27.